The van der Waals surface area contributed by atoms with Gasteiger partial charge < -0.3 is 25.2 Å². The fourth-order valence-electron chi connectivity index (χ4n) is 2.71. The SMILES string of the molecule is CCCCCCCCCCCCCC(=O)[C@@](O)(C(=O)[O-])[C@H](O)CO.[K+]. The number of carboxylic acid groups (broad SMARTS) is 1. The summed E-state index contributed by atoms with van der Waals surface area (Å²) < 4.78 is 0. The van der Waals surface area contributed by atoms with Gasteiger partial charge in [0.25, 0.3) is 0 Å². The number of Topliss-reactive ketones (excluding diaryl/α,β-unsaturated/α-hetero) is 1. The Morgan fingerprint density at radius 3 is 1.68 bits per heavy atom. The average molecular weight is 385 g/mol. The first-order chi connectivity index (χ1) is 11.4. The molecule has 0 saturated heterocycles. The van der Waals surface area contributed by atoms with Gasteiger partial charge in [0.15, 0.2) is 11.4 Å². The molecule has 0 aromatic heterocycles. The van der Waals surface area contributed by atoms with Gasteiger partial charge in [-0.15, -0.1) is 0 Å². The zero-order valence-corrected chi connectivity index (χ0v) is 19.0. The van der Waals surface area contributed by atoms with E-state index in [1.807, 2.05) is 0 Å². The van der Waals surface area contributed by atoms with Crippen LogP contribution in [0, 0.1) is 0 Å². The Bertz CT molecular complexity index is 363. The monoisotopic (exact) mass is 384 g/mol. The van der Waals surface area contributed by atoms with Crippen molar-refractivity contribution in [1.82, 2.24) is 0 Å². The topological polar surface area (TPSA) is 118 Å². The summed E-state index contributed by atoms with van der Waals surface area (Å²) in [4.78, 5) is 22.7. The largest absolute Gasteiger partial charge is 1.00 e. The molecule has 0 rings (SSSR count). The van der Waals surface area contributed by atoms with Crippen molar-refractivity contribution in [3.8, 4) is 0 Å². The molecule has 142 valence electrons. The first-order valence-corrected chi connectivity index (χ1v) is 9.17. The van der Waals surface area contributed by atoms with E-state index < -0.39 is 30.1 Å². The molecule has 0 fully saturated rings. The molecule has 0 radical (unpaired) electrons. The number of ketones is 1. The fourth-order valence-corrected chi connectivity index (χ4v) is 2.71. The fraction of sp³-hybridized carbons (Fsp3) is 0.889. The minimum Gasteiger partial charge on any atom is -0.546 e. The third kappa shape index (κ3) is 11.2. The quantitative estimate of drug-likeness (QED) is 0.162. The summed E-state index contributed by atoms with van der Waals surface area (Å²) in [6.07, 6.45) is 9.80. The molecule has 6 nitrogen and oxygen atoms in total. The maximum Gasteiger partial charge on any atom is 1.00 e. The van der Waals surface area contributed by atoms with Crippen molar-refractivity contribution < 1.29 is 81.4 Å². The van der Waals surface area contributed by atoms with Crippen molar-refractivity contribution >= 4 is 11.8 Å². The van der Waals surface area contributed by atoms with Crippen LogP contribution in [-0.4, -0.2) is 45.4 Å². The van der Waals surface area contributed by atoms with Crippen LogP contribution >= 0.6 is 0 Å². The van der Waals surface area contributed by atoms with E-state index in [1.165, 1.54) is 38.5 Å². The number of aliphatic hydroxyl groups is 3. The van der Waals surface area contributed by atoms with Gasteiger partial charge in [0.05, 0.1) is 12.6 Å². The number of rotatable bonds is 16. The summed E-state index contributed by atoms with van der Waals surface area (Å²) in [5.74, 6) is -3.09. The van der Waals surface area contributed by atoms with Crippen LogP contribution in [-0.2, 0) is 9.59 Å². The number of carbonyl (C=O) groups is 2. The zero-order chi connectivity index (χ0) is 18.4. The van der Waals surface area contributed by atoms with Gasteiger partial charge >= 0.3 is 51.4 Å². The van der Waals surface area contributed by atoms with E-state index in [1.54, 1.807) is 0 Å². The van der Waals surface area contributed by atoms with E-state index in [-0.39, 0.29) is 57.8 Å². The Hall–Kier alpha value is 0.656. The van der Waals surface area contributed by atoms with Gasteiger partial charge in [-0.25, -0.2) is 0 Å². The van der Waals surface area contributed by atoms with Gasteiger partial charge in [-0.3, -0.25) is 4.79 Å². The second-order valence-corrected chi connectivity index (χ2v) is 6.46. The Labute approximate surface area is 193 Å². The molecule has 0 unspecified atom stereocenters. The van der Waals surface area contributed by atoms with Crippen LogP contribution in [0.5, 0.6) is 0 Å². The van der Waals surface area contributed by atoms with Crippen molar-refractivity contribution in [2.24, 2.45) is 0 Å². The zero-order valence-electron chi connectivity index (χ0n) is 15.8. The van der Waals surface area contributed by atoms with Crippen molar-refractivity contribution in [2.45, 2.75) is 95.7 Å². The summed E-state index contributed by atoms with van der Waals surface area (Å²) in [7, 11) is 0. The molecule has 7 heteroatoms. The summed E-state index contributed by atoms with van der Waals surface area (Å²) in [6.45, 7) is 1.18. The van der Waals surface area contributed by atoms with Crippen molar-refractivity contribution in [3.05, 3.63) is 0 Å². The van der Waals surface area contributed by atoms with Gasteiger partial charge in [0, 0.05) is 6.42 Å². The average Bonchev–Trinajstić information content (AvgIpc) is 2.57. The summed E-state index contributed by atoms with van der Waals surface area (Å²) in [6, 6.07) is 0. The predicted octanol–water partition coefficient (Wildman–Crippen LogP) is -1.91. The van der Waals surface area contributed by atoms with Gasteiger partial charge in [-0.05, 0) is 6.42 Å². The van der Waals surface area contributed by atoms with Gasteiger partial charge in [0.1, 0.15) is 6.10 Å². The molecule has 0 bridgehead atoms. The van der Waals surface area contributed by atoms with E-state index in [2.05, 4.69) is 6.92 Å². The molecular formula is C18H33KO6. The molecule has 0 aromatic rings. The molecule has 3 N–H and O–H groups in total. The third-order valence-corrected chi connectivity index (χ3v) is 4.40. The minimum absolute atomic E-state index is 0. The van der Waals surface area contributed by atoms with Crippen molar-refractivity contribution in [1.29, 1.82) is 0 Å². The van der Waals surface area contributed by atoms with Crippen LogP contribution in [0.3, 0.4) is 0 Å². The van der Waals surface area contributed by atoms with Crippen LogP contribution in [0.1, 0.15) is 84.0 Å². The normalized spacial score (nSPS) is 14.4. The number of carbonyl (C=O) groups excluding carboxylic acids is 2. The number of hydrogen-bond donors (Lipinski definition) is 3. The van der Waals surface area contributed by atoms with Crippen LogP contribution in [0.15, 0.2) is 0 Å². The standard InChI is InChI=1S/C18H34O6.K/c1-2-3-4-5-6-7-8-9-10-11-12-13-15(20)18(24,17(22)23)16(21)14-19;/h16,19,21,24H,2-14H2,1H3,(H,22,23);/q;+1/p-1/t16-,18+;/m1./s1. The van der Waals surface area contributed by atoms with Crippen LogP contribution in [0.2, 0.25) is 0 Å². The second kappa shape index (κ2) is 16.8. The van der Waals surface area contributed by atoms with E-state index in [4.69, 9.17) is 5.11 Å². The first kappa shape index (κ1) is 27.9. The minimum atomic E-state index is -3.02. The molecule has 0 spiro atoms. The second-order valence-electron chi connectivity index (χ2n) is 6.46. The Balaban J connectivity index is 0. The van der Waals surface area contributed by atoms with Crippen LogP contribution < -0.4 is 56.5 Å². The van der Waals surface area contributed by atoms with Crippen LogP contribution in [0.25, 0.3) is 0 Å². The molecule has 2 atom stereocenters. The van der Waals surface area contributed by atoms with Crippen LogP contribution in [0.4, 0.5) is 0 Å². The summed E-state index contributed by atoms with van der Waals surface area (Å²) in [5.41, 5.74) is -3.02. The molecule has 0 heterocycles. The van der Waals surface area contributed by atoms with Crippen molar-refractivity contribution in [2.75, 3.05) is 6.61 Å². The van der Waals surface area contributed by atoms with E-state index in [0.29, 0.717) is 6.42 Å². The molecule has 0 aliphatic rings. The smallest absolute Gasteiger partial charge is 0.546 e. The molecular weight excluding hydrogens is 351 g/mol. The number of carboxylic acids is 1. The predicted molar refractivity (Wildman–Crippen MR) is 89.1 cm³/mol. The molecule has 25 heavy (non-hydrogen) atoms. The summed E-state index contributed by atoms with van der Waals surface area (Å²) in [5, 5.41) is 38.8. The third-order valence-electron chi connectivity index (χ3n) is 4.40. The molecule has 0 aliphatic heterocycles. The Morgan fingerprint density at radius 1 is 0.920 bits per heavy atom. The first-order valence-electron chi connectivity index (χ1n) is 9.17. The number of aliphatic hydroxyl groups excluding tert-OH is 2. The maximum absolute atomic E-state index is 11.8. The number of hydrogen-bond acceptors (Lipinski definition) is 6. The number of aliphatic carboxylic acids is 1. The maximum atomic E-state index is 11.8. The molecule has 0 amide bonds. The van der Waals surface area contributed by atoms with E-state index in [9.17, 15) is 24.9 Å². The molecule has 0 aliphatic carbocycles. The van der Waals surface area contributed by atoms with E-state index >= 15 is 0 Å². The van der Waals surface area contributed by atoms with Crippen molar-refractivity contribution in [3.63, 3.8) is 0 Å². The Kier molecular flexibility index (Phi) is 18.7. The van der Waals surface area contributed by atoms with Gasteiger partial charge in [-0.1, -0.05) is 71.1 Å². The summed E-state index contributed by atoms with van der Waals surface area (Å²) >= 11 is 0. The Morgan fingerprint density at radius 2 is 1.32 bits per heavy atom. The molecule has 0 saturated carbocycles. The molecule has 0 aromatic carbocycles. The van der Waals surface area contributed by atoms with E-state index in [0.717, 1.165) is 25.7 Å². The number of unbranched alkanes of at least 4 members (excludes halogenated alkanes) is 10. The van der Waals surface area contributed by atoms with Gasteiger partial charge in [-0.2, -0.15) is 0 Å². The van der Waals surface area contributed by atoms with Gasteiger partial charge in [0.2, 0.25) is 0 Å².